The molecule has 0 aliphatic heterocycles. The minimum Gasteiger partial charge on any atom is -0.455 e. The van der Waals surface area contributed by atoms with Gasteiger partial charge in [0.15, 0.2) is 5.76 Å². The standard InChI is InChI=1S/C26H24BrN3O2/c1-16-6-8-18(9-7-16)14-30-15-20-10-11-22-23(24(20)29-30)17(2)25(32-22)26(31)28-13-19-4-3-5-21(27)12-19/h3-9,12,15H,10-11,13-14H2,1-2H3,(H,28,31). The second-order valence-corrected chi connectivity index (χ2v) is 9.27. The van der Waals surface area contributed by atoms with Crippen LogP contribution in [0.5, 0.6) is 0 Å². The highest BCUT2D eigenvalue weighted by atomic mass is 79.9. The molecule has 162 valence electrons. The van der Waals surface area contributed by atoms with Crippen molar-refractivity contribution < 1.29 is 9.21 Å². The van der Waals surface area contributed by atoms with E-state index in [1.807, 2.05) is 35.9 Å². The third-order valence-corrected chi connectivity index (χ3v) is 6.42. The first-order valence-corrected chi connectivity index (χ1v) is 11.5. The monoisotopic (exact) mass is 489 g/mol. The van der Waals surface area contributed by atoms with Gasteiger partial charge in [-0.05, 0) is 49.1 Å². The van der Waals surface area contributed by atoms with Crippen LogP contribution in [-0.2, 0) is 25.9 Å². The maximum absolute atomic E-state index is 12.9. The molecule has 0 fully saturated rings. The topological polar surface area (TPSA) is 60.1 Å². The highest BCUT2D eigenvalue weighted by Gasteiger charge is 2.29. The number of furan rings is 1. The molecular weight excluding hydrogens is 466 g/mol. The number of halogens is 1. The maximum Gasteiger partial charge on any atom is 0.287 e. The van der Waals surface area contributed by atoms with Crippen molar-refractivity contribution in [2.45, 2.75) is 39.8 Å². The van der Waals surface area contributed by atoms with Gasteiger partial charge in [0, 0.05) is 34.8 Å². The molecule has 5 nitrogen and oxygen atoms in total. The quantitative estimate of drug-likeness (QED) is 0.396. The number of hydrogen-bond acceptors (Lipinski definition) is 3. The second-order valence-electron chi connectivity index (χ2n) is 8.35. The molecule has 0 spiro atoms. The molecule has 1 N–H and O–H groups in total. The normalized spacial score (nSPS) is 12.3. The molecule has 2 heterocycles. The summed E-state index contributed by atoms with van der Waals surface area (Å²) in [6, 6.07) is 16.4. The fourth-order valence-electron chi connectivity index (χ4n) is 4.25. The highest BCUT2D eigenvalue weighted by molar-refractivity contribution is 9.10. The third kappa shape index (κ3) is 4.02. The van der Waals surface area contributed by atoms with Gasteiger partial charge in [-0.25, -0.2) is 0 Å². The Morgan fingerprint density at radius 1 is 1.12 bits per heavy atom. The molecule has 0 unspecified atom stereocenters. The largest absolute Gasteiger partial charge is 0.455 e. The zero-order valence-corrected chi connectivity index (χ0v) is 19.7. The third-order valence-electron chi connectivity index (χ3n) is 5.93. The number of carbonyl (C=O) groups excluding carboxylic acids is 1. The van der Waals surface area contributed by atoms with Crippen molar-refractivity contribution in [1.82, 2.24) is 15.1 Å². The summed E-state index contributed by atoms with van der Waals surface area (Å²) >= 11 is 3.47. The van der Waals surface area contributed by atoms with Crippen molar-refractivity contribution in [3.05, 3.63) is 98.5 Å². The number of benzene rings is 2. The van der Waals surface area contributed by atoms with E-state index in [9.17, 15) is 4.79 Å². The van der Waals surface area contributed by atoms with Gasteiger partial charge in [-0.3, -0.25) is 9.48 Å². The Bertz CT molecular complexity index is 1300. The SMILES string of the molecule is Cc1ccc(Cn2cc3c(n2)-c2c(oc(C(=O)NCc4cccc(Br)c4)c2C)CC3)cc1. The van der Waals surface area contributed by atoms with E-state index in [2.05, 4.69) is 58.6 Å². The number of hydrogen-bond donors (Lipinski definition) is 1. The summed E-state index contributed by atoms with van der Waals surface area (Å²) in [5, 5.41) is 7.85. The Morgan fingerprint density at radius 2 is 1.94 bits per heavy atom. The van der Waals surface area contributed by atoms with Gasteiger partial charge in [-0.2, -0.15) is 5.10 Å². The Morgan fingerprint density at radius 3 is 2.72 bits per heavy atom. The highest BCUT2D eigenvalue weighted by Crippen LogP contribution is 2.38. The Kier molecular flexibility index (Phi) is 5.47. The predicted molar refractivity (Wildman–Crippen MR) is 128 cm³/mol. The van der Waals surface area contributed by atoms with Gasteiger partial charge in [-0.15, -0.1) is 0 Å². The van der Waals surface area contributed by atoms with Gasteiger partial charge in [0.2, 0.25) is 0 Å². The summed E-state index contributed by atoms with van der Waals surface area (Å²) in [5.74, 6) is 1.03. The molecule has 5 rings (SSSR count). The first-order valence-electron chi connectivity index (χ1n) is 10.7. The van der Waals surface area contributed by atoms with E-state index in [-0.39, 0.29) is 5.91 Å². The first kappa shape index (κ1) is 20.8. The molecule has 0 saturated heterocycles. The Hall–Kier alpha value is -3.12. The van der Waals surface area contributed by atoms with E-state index < -0.39 is 0 Å². The molecule has 4 aromatic rings. The number of nitrogens with one attached hydrogen (secondary N) is 1. The lowest BCUT2D eigenvalue weighted by molar-refractivity contribution is 0.0920. The number of aromatic nitrogens is 2. The lowest BCUT2D eigenvalue weighted by atomic mass is 9.93. The average Bonchev–Trinajstić information content (AvgIpc) is 3.34. The zero-order chi connectivity index (χ0) is 22.2. The van der Waals surface area contributed by atoms with E-state index in [4.69, 9.17) is 9.52 Å². The van der Waals surface area contributed by atoms with Crippen molar-refractivity contribution in [2.75, 3.05) is 0 Å². The van der Waals surface area contributed by atoms with Crippen LogP contribution < -0.4 is 5.32 Å². The van der Waals surface area contributed by atoms with E-state index in [0.717, 1.165) is 52.0 Å². The number of rotatable bonds is 5. The first-order chi connectivity index (χ1) is 15.5. The molecule has 0 atom stereocenters. The van der Waals surface area contributed by atoms with Crippen molar-refractivity contribution in [1.29, 1.82) is 0 Å². The summed E-state index contributed by atoms with van der Waals surface area (Å²) in [6.45, 7) is 5.20. The van der Waals surface area contributed by atoms with Crippen LogP contribution in [0, 0.1) is 13.8 Å². The van der Waals surface area contributed by atoms with Crippen LogP contribution in [0.2, 0.25) is 0 Å². The number of fused-ring (bicyclic) bond motifs is 3. The molecule has 2 aromatic heterocycles. The van der Waals surface area contributed by atoms with Crippen molar-refractivity contribution in [2.24, 2.45) is 0 Å². The van der Waals surface area contributed by atoms with Crippen LogP contribution in [0.25, 0.3) is 11.3 Å². The molecule has 2 aromatic carbocycles. The molecule has 1 amide bonds. The summed E-state index contributed by atoms with van der Waals surface area (Å²) in [6.07, 6.45) is 3.76. The number of amides is 1. The lowest BCUT2D eigenvalue weighted by Gasteiger charge is -2.09. The van der Waals surface area contributed by atoms with Crippen LogP contribution in [0.3, 0.4) is 0 Å². The van der Waals surface area contributed by atoms with Gasteiger partial charge in [0.1, 0.15) is 5.76 Å². The molecular formula is C26H24BrN3O2. The Balaban J connectivity index is 1.38. The van der Waals surface area contributed by atoms with E-state index >= 15 is 0 Å². The molecule has 0 radical (unpaired) electrons. The molecule has 0 saturated carbocycles. The molecule has 1 aliphatic rings. The van der Waals surface area contributed by atoms with Gasteiger partial charge < -0.3 is 9.73 Å². The minimum absolute atomic E-state index is 0.197. The smallest absolute Gasteiger partial charge is 0.287 e. The van der Waals surface area contributed by atoms with Crippen LogP contribution in [-0.4, -0.2) is 15.7 Å². The fourth-order valence-corrected chi connectivity index (χ4v) is 4.70. The van der Waals surface area contributed by atoms with E-state index in [1.165, 1.54) is 16.7 Å². The predicted octanol–water partition coefficient (Wildman–Crippen LogP) is 5.60. The van der Waals surface area contributed by atoms with Gasteiger partial charge in [0.25, 0.3) is 5.91 Å². The summed E-state index contributed by atoms with van der Waals surface area (Å²) in [7, 11) is 0. The summed E-state index contributed by atoms with van der Waals surface area (Å²) < 4.78 is 9.02. The summed E-state index contributed by atoms with van der Waals surface area (Å²) in [4.78, 5) is 12.9. The number of carbonyl (C=O) groups is 1. The van der Waals surface area contributed by atoms with Gasteiger partial charge in [0.05, 0.1) is 12.2 Å². The van der Waals surface area contributed by atoms with Crippen LogP contribution in [0.1, 0.15) is 44.1 Å². The van der Waals surface area contributed by atoms with E-state index in [1.54, 1.807) is 0 Å². The van der Waals surface area contributed by atoms with Crippen LogP contribution >= 0.6 is 15.9 Å². The van der Waals surface area contributed by atoms with Crippen molar-refractivity contribution in [3.63, 3.8) is 0 Å². The number of aryl methyl sites for hydroxylation is 3. The zero-order valence-electron chi connectivity index (χ0n) is 18.1. The average molecular weight is 490 g/mol. The lowest BCUT2D eigenvalue weighted by Crippen LogP contribution is -2.23. The molecule has 0 bridgehead atoms. The Labute approximate surface area is 195 Å². The molecule has 32 heavy (non-hydrogen) atoms. The van der Waals surface area contributed by atoms with Crippen LogP contribution in [0.4, 0.5) is 0 Å². The van der Waals surface area contributed by atoms with Crippen molar-refractivity contribution >= 4 is 21.8 Å². The van der Waals surface area contributed by atoms with Gasteiger partial charge in [-0.1, -0.05) is 57.9 Å². The molecule has 1 aliphatic carbocycles. The maximum atomic E-state index is 12.9. The number of nitrogens with zero attached hydrogens (tertiary/aromatic N) is 2. The molecule has 6 heteroatoms. The van der Waals surface area contributed by atoms with Crippen molar-refractivity contribution in [3.8, 4) is 11.3 Å². The van der Waals surface area contributed by atoms with Crippen LogP contribution in [0.15, 0.2) is 63.6 Å². The van der Waals surface area contributed by atoms with Gasteiger partial charge >= 0.3 is 0 Å². The second kappa shape index (κ2) is 8.43. The fraction of sp³-hybridized carbons (Fsp3) is 0.231. The van der Waals surface area contributed by atoms with E-state index in [0.29, 0.717) is 12.3 Å². The summed E-state index contributed by atoms with van der Waals surface area (Å²) in [5.41, 5.74) is 7.46. The minimum atomic E-state index is -0.197.